The third kappa shape index (κ3) is 8.55. The van der Waals surface area contributed by atoms with Crippen LogP contribution in [0.3, 0.4) is 0 Å². The molecule has 1 atom stereocenters. The van der Waals surface area contributed by atoms with Crippen LogP contribution in [0.4, 0.5) is 4.39 Å². The minimum Gasteiger partial charge on any atom is -0.461 e. The Hall–Kier alpha value is -2.95. The standard InChI is InChI=1S/C26H31ClFN3O5S/c1-17(2)13-22(31-25(32)16-20-14-18-7-3-4-8-23(18)36-20)26(33)29-11-5-6-12-30-37(34,35)24-10-9-19(28)15-21(24)27/h3-4,7-10,14-15,17,22,30H,5-6,11-13,16H2,1-2H3,(H,29,33)(H,31,32)/t22-/m0/s1. The van der Waals surface area contributed by atoms with Crippen LogP contribution in [-0.2, 0) is 26.0 Å². The molecule has 2 amide bonds. The molecule has 2 aromatic carbocycles. The third-order valence-corrected chi connectivity index (χ3v) is 7.49. The van der Waals surface area contributed by atoms with Crippen molar-refractivity contribution in [1.29, 1.82) is 0 Å². The Morgan fingerprint density at radius 1 is 1.05 bits per heavy atom. The quantitative estimate of drug-likeness (QED) is 0.276. The number of carbonyl (C=O) groups is 2. The first-order chi connectivity index (χ1) is 17.5. The molecule has 200 valence electrons. The molecule has 0 aliphatic rings. The molecule has 3 rings (SSSR count). The summed E-state index contributed by atoms with van der Waals surface area (Å²) in [7, 11) is -3.88. The lowest BCUT2D eigenvalue weighted by Crippen LogP contribution is -2.48. The summed E-state index contributed by atoms with van der Waals surface area (Å²) in [6, 6.07) is 11.7. The highest BCUT2D eigenvalue weighted by Gasteiger charge is 2.22. The Labute approximate surface area is 221 Å². The van der Waals surface area contributed by atoms with E-state index in [1.807, 2.05) is 44.2 Å². The first-order valence-corrected chi connectivity index (χ1v) is 13.9. The van der Waals surface area contributed by atoms with E-state index in [9.17, 15) is 22.4 Å². The number of fused-ring (bicyclic) bond motifs is 1. The van der Waals surface area contributed by atoms with Crippen LogP contribution in [-0.4, -0.2) is 39.4 Å². The largest absolute Gasteiger partial charge is 0.461 e. The van der Waals surface area contributed by atoms with E-state index < -0.39 is 21.9 Å². The molecule has 3 aromatic rings. The van der Waals surface area contributed by atoms with Gasteiger partial charge in [-0.15, -0.1) is 0 Å². The van der Waals surface area contributed by atoms with E-state index >= 15 is 0 Å². The van der Waals surface area contributed by atoms with Crippen molar-refractivity contribution in [3.63, 3.8) is 0 Å². The number of nitrogens with one attached hydrogen (secondary N) is 3. The van der Waals surface area contributed by atoms with Crippen LogP contribution in [0.5, 0.6) is 0 Å². The molecule has 0 bridgehead atoms. The Morgan fingerprint density at radius 2 is 1.78 bits per heavy atom. The van der Waals surface area contributed by atoms with Crippen molar-refractivity contribution in [3.05, 3.63) is 65.1 Å². The number of unbranched alkanes of at least 4 members (excludes halogenated alkanes) is 1. The van der Waals surface area contributed by atoms with Crippen molar-refractivity contribution >= 4 is 44.4 Å². The van der Waals surface area contributed by atoms with Gasteiger partial charge in [-0.1, -0.05) is 43.6 Å². The Kier molecular flexibility index (Phi) is 10.1. The fourth-order valence-corrected chi connectivity index (χ4v) is 5.40. The first kappa shape index (κ1) is 28.6. The van der Waals surface area contributed by atoms with Crippen molar-refractivity contribution in [2.75, 3.05) is 13.1 Å². The maximum atomic E-state index is 13.2. The number of amides is 2. The fraction of sp³-hybridized carbons (Fsp3) is 0.385. The Bertz CT molecular complexity index is 1310. The van der Waals surface area contributed by atoms with Gasteiger partial charge < -0.3 is 15.1 Å². The number of hydrogen-bond acceptors (Lipinski definition) is 5. The molecule has 37 heavy (non-hydrogen) atoms. The molecule has 1 aromatic heterocycles. The number of furan rings is 1. The highest BCUT2D eigenvalue weighted by Crippen LogP contribution is 2.22. The second-order valence-corrected chi connectivity index (χ2v) is 11.3. The molecule has 0 saturated carbocycles. The zero-order valence-electron chi connectivity index (χ0n) is 20.7. The van der Waals surface area contributed by atoms with Gasteiger partial charge >= 0.3 is 0 Å². The lowest BCUT2D eigenvalue weighted by Gasteiger charge is -2.20. The van der Waals surface area contributed by atoms with Crippen LogP contribution in [0.2, 0.25) is 5.02 Å². The second kappa shape index (κ2) is 13.0. The average Bonchev–Trinajstić information content (AvgIpc) is 3.22. The van der Waals surface area contributed by atoms with Gasteiger partial charge in [0, 0.05) is 18.5 Å². The highest BCUT2D eigenvalue weighted by atomic mass is 35.5. The van der Waals surface area contributed by atoms with Crippen LogP contribution in [0.25, 0.3) is 11.0 Å². The van der Waals surface area contributed by atoms with Gasteiger partial charge in [0.25, 0.3) is 0 Å². The monoisotopic (exact) mass is 551 g/mol. The van der Waals surface area contributed by atoms with Crippen molar-refractivity contribution in [3.8, 4) is 0 Å². The Balaban J connectivity index is 1.44. The number of carbonyl (C=O) groups excluding carboxylic acids is 2. The molecule has 0 radical (unpaired) electrons. The van der Waals surface area contributed by atoms with Gasteiger partial charge in [-0.2, -0.15) is 0 Å². The summed E-state index contributed by atoms with van der Waals surface area (Å²) < 4.78 is 46.0. The van der Waals surface area contributed by atoms with Gasteiger partial charge in [-0.05, 0) is 55.5 Å². The van der Waals surface area contributed by atoms with E-state index in [2.05, 4.69) is 15.4 Å². The van der Waals surface area contributed by atoms with E-state index in [1.54, 1.807) is 0 Å². The molecule has 3 N–H and O–H groups in total. The van der Waals surface area contributed by atoms with Crippen LogP contribution in [0.1, 0.15) is 38.9 Å². The van der Waals surface area contributed by atoms with Crippen LogP contribution >= 0.6 is 11.6 Å². The van der Waals surface area contributed by atoms with E-state index in [1.165, 1.54) is 0 Å². The number of hydrogen-bond donors (Lipinski definition) is 3. The second-order valence-electron chi connectivity index (χ2n) is 9.15. The maximum absolute atomic E-state index is 13.2. The van der Waals surface area contributed by atoms with E-state index in [-0.39, 0.29) is 40.6 Å². The van der Waals surface area contributed by atoms with Gasteiger partial charge in [0.2, 0.25) is 21.8 Å². The summed E-state index contributed by atoms with van der Waals surface area (Å²) >= 11 is 5.83. The van der Waals surface area contributed by atoms with Crippen LogP contribution in [0, 0.1) is 11.7 Å². The van der Waals surface area contributed by atoms with Gasteiger partial charge in [-0.25, -0.2) is 17.5 Å². The van der Waals surface area contributed by atoms with Gasteiger partial charge in [0.05, 0.1) is 11.4 Å². The number of sulfonamides is 1. The lowest BCUT2D eigenvalue weighted by molar-refractivity contribution is -0.129. The molecule has 0 aliphatic heterocycles. The van der Waals surface area contributed by atoms with Crippen molar-refractivity contribution in [1.82, 2.24) is 15.4 Å². The zero-order chi connectivity index (χ0) is 27.0. The third-order valence-electron chi connectivity index (χ3n) is 5.55. The van der Waals surface area contributed by atoms with Crippen molar-refractivity contribution in [2.24, 2.45) is 5.92 Å². The summed E-state index contributed by atoms with van der Waals surface area (Å²) in [6.45, 7) is 4.36. The summed E-state index contributed by atoms with van der Waals surface area (Å²) in [4.78, 5) is 25.2. The lowest BCUT2D eigenvalue weighted by atomic mass is 10.0. The summed E-state index contributed by atoms with van der Waals surface area (Å²) in [6.07, 6.45) is 1.45. The molecule has 0 spiro atoms. The van der Waals surface area contributed by atoms with Crippen molar-refractivity contribution in [2.45, 2.75) is 50.5 Å². The normalized spacial score (nSPS) is 12.6. The molecular weight excluding hydrogens is 521 g/mol. The Morgan fingerprint density at radius 3 is 2.49 bits per heavy atom. The molecular formula is C26H31ClFN3O5S. The fourth-order valence-electron chi connectivity index (χ4n) is 3.79. The maximum Gasteiger partial charge on any atom is 0.242 e. The minimum atomic E-state index is -3.88. The van der Waals surface area contributed by atoms with E-state index in [0.29, 0.717) is 37.2 Å². The predicted octanol–water partition coefficient (Wildman–Crippen LogP) is 4.17. The van der Waals surface area contributed by atoms with Crippen molar-refractivity contribution < 1.29 is 26.8 Å². The van der Waals surface area contributed by atoms with E-state index in [4.69, 9.17) is 16.0 Å². The predicted molar refractivity (Wildman–Crippen MR) is 140 cm³/mol. The SMILES string of the molecule is CC(C)C[C@H](NC(=O)Cc1cc2ccccc2o1)C(=O)NCCCCNS(=O)(=O)c1ccc(F)cc1Cl. The highest BCUT2D eigenvalue weighted by molar-refractivity contribution is 7.89. The number of para-hydroxylation sites is 1. The number of benzene rings is 2. The summed E-state index contributed by atoms with van der Waals surface area (Å²) in [5.41, 5.74) is 0.699. The molecule has 0 saturated heterocycles. The van der Waals surface area contributed by atoms with Crippen LogP contribution in [0.15, 0.2) is 57.8 Å². The summed E-state index contributed by atoms with van der Waals surface area (Å²) in [5, 5.41) is 6.32. The molecule has 1 heterocycles. The number of halogens is 2. The van der Waals surface area contributed by atoms with Gasteiger partial charge in [0.1, 0.15) is 28.1 Å². The zero-order valence-corrected chi connectivity index (χ0v) is 22.3. The average molecular weight is 552 g/mol. The smallest absolute Gasteiger partial charge is 0.242 e. The number of rotatable bonds is 13. The minimum absolute atomic E-state index is 0.0226. The summed E-state index contributed by atoms with van der Waals surface area (Å²) in [5.74, 6) is -0.540. The molecule has 11 heteroatoms. The van der Waals surface area contributed by atoms with Crippen LogP contribution < -0.4 is 15.4 Å². The van der Waals surface area contributed by atoms with E-state index in [0.717, 1.165) is 23.6 Å². The molecule has 0 fully saturated rings. The molecule has 0 unspecified atom stereocenters. The van der Waals surface area contributed by atoms with Gasteiger partial charge in [0.15, 0.2) is 0 Å². The van der Waals surface area contributed by atoms with Gasteiger partial charge in [-0.3, -0.25) is 9.59 Å². The molecule has 8 nitrogen and oxygen atoms in total. The first-order valence-electron chi connectivity index (χ1n) is 12.0. The molecule has 0 aliphatic carbocycles. The topological polar surface area (TPSA) is 118 Å².